The summed E-state index contributed by atoms with van der Waals surface area (Å²) < 4.78 is 2.80. The molecule has 1 atom stereocenters. The molecule has 1 N–H and O–H groups in total. The maximum Gasteiger partial charge on any atom is 0.237 e. The lowest BCUT2D eigenvalue weighted by Gasteiger charge is -2.13. The molecule has 0 spiro atoms. The predicted molar refractivity (Wildman–Crippen MR) is 97.8 cm³/mol. The number of benzene rings is 1. The maximum atomic E-state index is 12.4. The monoisotopic (exact) mass is 394 g/mol. The van der Waals surface area contributed by atoms with Crippen LogP contribution < -0.4 is 5.32 Å². The fourth-order valence-electron chi connectivity index (χ4n) is 1.96. The van der Waals surface area contributed by atoms with E-state index in [0.717, 1.165) is 21.5 Å². The first-order valence-corrected chi connectivity index (χ1v) is 8.84. The summed E-state index contributed by atoms with van der Waals surface area (Å²) >= 11 is 4.85. The van der Waals surface area contributed by atoms with Crippen LogP contribution in [-0.2, 0) is 11.3 Å². The number of amides is 1. The molecular weight excluding hydrogens is 376 g/mol. The Morgan fingerprint density at radius 1 is 1.48 bits per heavy atom. The van der Waals surface area contributed by atoms with Gasteiger partial charge in [-0.05, 0) is 54.4 Å². The van der Waals surface area contributed by atoms with Gasteiger partial charge in [0, 0.05) is 11.0 Å². The molecule has 1 aromatic carbocycles. The van der Waals surface area contributed by atoms with Crippen molar-refractivity contribution in [2.75, 3.05) is 5.32 Å². The van der Waals surface area contributed by atoms with Gasteiger partial charge in [0.2, 0.25) is 5.91 Å². The average molecular weight is 395 g/mol. The molecular formula is C16H19BrN4OS. The molecule has 5 nitrogen and oxygen atoms in total. The molecule has 2 aromatic rings. The zero-order valence-electron chi connectivity index (χ0n) is 13.3. The molecule has 23 heavy (non-hydrogen) atoms. The predicted octanol–water partition coefficient (Wildman–Crippen LogP) is 3.96. The van der Waals surface area contributed by atoms with E-state index in [4.69, 9.17) is 0 Å². The molecule has 1 heterocycles. The van der Waals surface area contributed by atoms with Crippen LogP contribution in [0, 0.1) is 13.8 Å². The summed E-state index contributed by atoms with van der Waals surface area (Å²) in [5.41, 5.74) is 1.89. The lowest BCUT2D eigenvalue weighted by Crippen LogP contribution is -2.23. The van der Waals surface area contributed by atoms with Crippen molar-refractivity contribution in [3.8, 4) is 0 Å². The van der Waals surface area contributed by atoms with Crippen LogP contribution in [0.2, 0.25) is 0 Å². The summed E-state index contributed by atoms with van der Waals surface area (Å²) in [4.78, 5) is 12.4. The minimum atomic E-state index is -0.296. The number of hydrogen-bond donors (Lipinski definition) is 1. The Hall–Kier alpha value is -1.60. The summed E-state index contributed by atoms with van der Waals surface area (Å²) in [5.74, 6) is 0.728. The Morgan fingerprint density at radius 2 is 2.22 bits per heavy atom. The molecule has 0 saturated heterocycles. The number of rotatable bonds is 6. The molecule has 0 saturated carbocycles. The number of hydrogen-bond acceptors (Lipinski definition) is 4. The lowest BCUT2D eigenvalue weighted by atomic mass is 10.2. The van der Waals surface area contributed by atoms with Crippen molar-refractivity contribution in [3.63, 3.8) is 0 Å². The van der Waals surface area contributed by atoms with Crippen LogP contribution in [0.5, 0.6) is 0 Å². The summed E-state index contributed by atoms with van der Waals surface area (Å²) in [5, 5.41) is 11.5. The van der Waals surface area contributed by atoms with Gasteiger partial charge < -0.3 is 9.88 Å². The van der Waals surface area contributed by atoms with E-state index >= 15 is 0 Å². The summed E-state index contributed by atoms with van der Waals surface area (Å²) in [6.07, 6.45) is 1.79. The van der Waals surface area contributed by atoms with Gasteiger partial charge in [0.1, 0.15) is 5.82 Å². The Balaban J connectivity index is 2.07. The van der Waals surface area contributed by atoms with Crippen molar-refractivity contribution >= 4 is 39.3 Å². The van der Waals surface area contributed by atoms with Crippen LogP contribution in [0.25, 0.3) is 0 Å². The third kappa shape index (κ3) is 4.45. The minimum Gasteiger partial charge on any atom is -0.324 e. The Labute approximate surface area is 148 Å². The van der Waals surface area contributed by atoms with Crippen LogP contribution in [0.4, 0.5) is 5.69 Å². The number of carbonyl (C=O) groups is 1. The fraction of sp³-hybridized carbons (Fsp3) is 0.312. The van der Waals surface area contributed by atoms with E-state index in [9.17, 15) is 4.79 Å². The topological polar surface area (TPSA) is 59.8 Å². The second kappa shape index (κ2) is 7.79. The van der Waals surface area contributed by atoms with Crippen LogP contribution >= 0.6 is 27.7 Å². The van der Waals surface area contributed by atoms with E-state index in [-0.39, 0.29) is 11.2 Å². The highest BCUT2D eigenvalue weighted by molar-refractivity contribution is 9.10. The van der Waals surface area contributed by atoms with E-state index in [1.807, 2.05) is 43.5 Å². The van der Waals surface area contributed by atoms with Crippen LogP contribution in [0.3, 0.4) is 0 Å². The van der Waals surface area contributed by atoms with Crippen molar-refractivity contribution in [3.05, 3.63) is 46.7 Å². The first kappa shape index (κ1) is 17.7. The highest BCUT2D eigenvalue weighted by Gasteiger charge is 2.19. The average Bonchev–Trinajstić information content (AvgIpc) is 2.83. The van der Waals surface area contributed by atoms with Gasteiger partial charge in [-0.25, -0.2) is 0 Å². The van der Waals surface area contributed by atoms with E-state index in [2.05, 4.69) is 38.0 Å². The largest absolute Gasteiger partial charge is 0.324 e. The van der Waals surface area contributed by atoms with Crippen molar-refractivity contribution in [2.45, 2.75) is 37.7 Å². The Kier molecular flexibility index (Phi) is 6.01. The molecule has 0 aliphatic heterocycles. The SMILES string of the molecule is C=CCn1c(C)nnc1S[C@H](C)C(=O)Nc1ccc(C)cc1Br. The molecule has 0 aliphatic rings. The second-order valence-electron chi connectivity index (χ2n) is 5.16. The second-order valence-corrected chi connectivity index (χ2v) is 7.32. The van der Waals surface area contributed by atoms with E-state index in [0.29, 0.717) is 11.7 Å². The zero-order chi connectivity index (χ0) is 17.0. The first-order valence-electron chi connectivity index (χ1n) is 7.16. The number of aromatic nitrogens is 3. The van der Waals surface area contributed by atoms with Crippen molar-refractivity contribution in [1.82, 2.24) is 14.8 Å². The number of thioether (sulfide) groups is 1. The first-order chi connectivity index (χ1) is 10.9. The number of carbonyl (C=O) groups excluding carboxylic acids is 1. The summed E-state index contributed by atoms with van der Waals surface area (Å²) in [6.45, 7) is 10.1. The number of allylic oxidation sites excluding steroid dienone is 1. The number of halogens is 1. The zero-order valence-corrected chi connectivity index (χ0v) is 15.7. The van der Waals surface area contributed by atoms with E-state index in [1.54, 1.807) is 6.08 Å². The van der Waals surface area contributed by atoms with E-state index < -0.39 is 0 Å². The fourth-order valence-corrected chi connectivity index (χ4v) is 3.45. The quantitative estimate of drug-likeness (QED) is 0.594. The molecule has 122 valence electrons. The molecule has 0 bridgehead atoms. The summed E-state index contributed by atoms with van der Waals surface area (Å²) in [7, 11) is 0. The Morgan fingerprint density at radius 3 is 2.87 bits per heavy atom. The van der Waals surface area contributed by atoms with Gasteiger partial charge >= 0.3 is 0 Å². The van der Waals surface area contributed by atoms with Gasteiger partial charge in [0.25, 0.3) is 0 Å². The van der Waals surface area contributed by atoms with Crippen LogP contribution in [0.1, 0.15) is 18.3 Å². The number of nitrogens with one attached hydrogen (secondary N) is 1. The normalized spacial score (nSPS) is 12.0. The third-order valence-electron chi connectivity index (χ3n) is 3.25. The smallest absolute Gasteiger partial charge is 0.237 e. The Bertz CT molecular complexity index is 729. The maximum absolute atomic E-state index is 12.4. The molecule has 0 aliphatic carbocycles. The van der Waals surface area contributed by atoms with Gasteiger partial charge in [-0.2, -0.15) is 0 Å². The minimum absolute atomic E-state index is 0.0784. The molecule has 1 amide bonds. The standard InChI is InChI=1S/C16H19BrN4OS/c1-5-8-21-12(4)19-20-16(21)23-11(3)15(22)18-14-7-6-10(2)9-13(14)17/h5-7,9,11H,1,8H2,2-4H3,(H,18,22)/t11-/m1/s1. The van der Waals surface area contributed by atoms with Gasteiger partial charge in [0.05, 0.1) is 10.9 Å². The molecule has 7 heteroatoms. The molecule has 2 rings (SSSR count). The van der Waals surface area contributed by atoms with Gasteiger partial charge in [-0.15, -0.1) is 16.8 Å². The third-order valence-corrected chi connectivity index (χ3v) is 4.98. The van der Waals surface area contributed by atoms with E-state index in [1.165, 1.54) is 11.8 Å². The van der Waals surface area contributed by atoms with Crippen molar-refractivity contribution < 1.29 is 4.79 Å². The molecule has 0 radical (unpaired) electrons. The molecule has 0 fully saturated rings. The van der Waals surface area contributed by atoms with Gasteiger partial charge in [-0.1, -0.05) is 23.9 Å². The number of aryl methyl sites for hydroxylation is 2. The highest BCUT2D eigenvalue weighted by atomic mass is 79.9. The summed E-state index contributed by atoms with van der Waals surface area (Å²) in [6, 6.07) is 5.82. The van der Waals surface area contributed by atoms with Crippen LogP contribution in [-0.4, -0.2) is 25.9 Å². The number of nitrogens with zero attached hydrogens (tertiary/aromatic N) is 3. The van der Waals surface area contributed by atoms with Crippen molar-refractivity contribution in [2.24, 2.45) is 0 Å². The van der Waals surface area contributed by atoms with Crippen LogP contribution in [0.15, 0.2) is 40.5 Å². The lowest BCUT2D eigenvalue weighted by molar-refractivity contribution is -0.115. The number of anilines is 1. The molecule has 0 unspecified atom stereocenters. The highest BCUT2D eigenvalue weighted by Crippen LogP contribution is 2.26. The molecule has 1 aromatic heterocycles. The van der Waals surface area contributed by atoms with Gasteiger partial charge in [-0.3, -0.25) is 4.79 Å². The van der Waals surface area contributed by atoms with Crippen molar-refractivity contribution in [1.29, 1.82) is 0 Å². The van der Waals surface area contributed by atoms with Gasteiger partial charge in [0.15, 0.2) is 5.16 Å².